The quantitative estimate of drug-likeness (QED) is 0.360. The zero-order valence-electron chi connectivity index (χ0n) is 19.4. The minimum atomic E-state index is -0.505. The zero-order valence-corrected chi connectivity index (χ0v) is 19.4. The lowest BCUT2D eigenvalue weighted by molar-refractivity contribution is -0.179. The Kier molecular flexibility index (Phi) is 14.2. The summed E-state index contributed by atoms with van der Waals surface area (Å²) in [5.74, 6) is -1.42. The van der Waals surface area contributed by atoms with E-state index in [0.717, 1.165) is 24.5 Å². The van der Waals surface area contributed by atoms with E-state index >= 15 is 0 Å². The van der Waals surface area contributed by atoms with E-state index in [1.165, 1.54) is 25.4 Å². The van der Waals surface area contributed by atoms with Gasteiger partial charge in [-0.25, -0.2) is 8.78 Å². The fourth-order valence-electron chi connectivity index (χ4n) is 1.98. The first-order valence-corrected chi connectivity index (χ1v) is 9.34. The van der Waals surface area contributed by atoms with Gasteiger partial charge in [0.15, 0.2) is 11.6 Å². The molecule has 0 unspecified atom stereocenters. The molecule has 0 spiro atoms. The van der Waals surface area contributed by atoms with Crippen LogP contribution in [0.15, 0.2) is 49.2 Å². The highest BCUT2D eigenvalue weighted by atomic mass is 19.1. The van der Waals surface area contributed by atoms with Gasteiger partial charge in [-0.1, -0.05) is 0 Å². The standard InChI is InChI=1S/C10H11FN2O.C7H6FNO.C5H13NO2/c1-13(2)4-3-10(14)8-5-9(11)7-12-6-8;1-5(10)6-2-7(8)4-9-3-6;1-6(2)5(7-3)8-4/h3-7H,1-2H3;2-4H,1H3;5H,1-4H3. The molecule has 0 radical (unpaired) electrons. The van der Waals surface area contributed by atoms with Gasteiger partial charge in [-0.3, -0.25) is 24.5 Å². The predicted octanol–water partition coefficient (Wildman–Crippen LogP) is 3.03. The Morgan fingerprint density at radius 3 is 1.69 bits per heavy atom. The number of carbonyl (C=O) groups is 2. The van der Waals surface area contributed by atoms with E-state index in [4.69, 9.17) is 9.47 Å². The number of hydrogen-bond acceptors (Lipinski definition) is 8. The molecule has 8 nitrogen and oxygen atoms in total. The maximum Gasteiger partial charge on any atom is 0.217 e. The van der Waals surface area contributed by atoms with Crippen LogP contribution in [0.1, 0.15) is 27.6 Å². The molecule has 0 amide bonds. The van der Waals surface area contributed by atoms with Crippen LogP contribution in [0.3, 0.4) is 0 Å². The van der Waals surface area contributed by atoms with Crippen LogP contribution in [0.4, 0.5) is 8.78 Å². The second kappa shape index (κ2) is 15.7. The minimum Gasteiger partial charge on any atom is -0.383 e. The third kappa shape index (κ3) is 12.6. The van der Waals surface area contributed by atoms with Crippen LogP contribution in [-0.4, -0.2) is 80.2 Å². The molecule has 32 heavy (non-hydrogen) atoms. The van der Waals surface area contributed by atoms with Gasteiger partial charge in [0.25, 0.3) is 0 Å². The van der Waals surface area contributed by atoms with Gasteiger partial charge in [0.2, 0.25) is 6.41 Å². The molecular weight excluding hydrogens is 422 g/mol. The van der Waals surface area contributed by atoms with Gasteiger partial charge in [-0.15, -0.1) is 0 Å². The summed E-state index contributed by atoms with van der Waals surface area (Å²) in [5.41, 5.74) is 0.558. The van der Waals surface area contributed by atoms with Crippen LogP contribution in [0.5, 0.6) is 0 Å². The number of allylic oxidation sites excluding steroid dienone is 1. The van der Waals surface area contributed by atoms with E-state index < -0.39 is 11.6 Å². The number of pyridine rings is 2. The monoisotopic (exact) mass is 452 g/mol. The first-order valence-electron chi connectivity index (χ1n) is 9.34. The minimum absolute atomic E-state index is 0.174. The molecule has 2 aromatic rings. The molecule has 0 saturated heterocycles. The van der Waals surface area contributed by atoms with Crippen molar-refractivity contribution >= 4 is 11.6 Å². The fourth-order valence-corrected chi connectivity index (χ4v) is 1.98. The largest absolute Gasteiger partial charge is 0.383 e. The highest BCUT2D eigenvalue weighted by molar-refractivity contribution is 6.04. The van der Waals surface area contributed by atoms with Crippen molar-refractivity contribution in [2.75, 3.05) is 42.4 Å². The summed E-state index contributed by atoms with van der Waals surface area (Å²) in [5, 5.41) is 0. The van der Waals surface area contributed by atoms with Crippen molar-refractivity contribution in [2.45, 2.75) is 13.3 Å². The summed E-state index contributed by atoms with van der Waals surface area (Å²) in [7, 11) is 10.6. The van der Waals surface area contributed by atoms with Crippen molar-refractivity contribution in [2.24, 2.45) is 0 Å². The average Bonchev–Trinajstić information content (AvgIpc) is 2.73. The number of Topliss-reactive ketones (excluding diaryl/α,β-unsaturated/α-hetero) is 1. The number of rotatable bonds is 7. The van der Waals surface area contributed by atoms with Gasteiger partial charge in [-0.05, 0) is 33.2 Å². The number of carbonyl (C=O) groups excluding carboxylic acids is 2. The molecule has 0 aliphatic heterocycles. The third-order valence-corrected chi connectivity index (χ3v) is 3.45. The van der Waals surface area contributed by atoms with E-state index in [9.17, 15) is 18.4 Å². The molecule has 0 aliphatic carbocycles. The highest BCUT2D eigenvalue weighted by Gasteiger charge is 2.05. The van der Waals surface area contributed by atoms with Gasteiger partial charge in [0.05, 0.1) is 12.4 Å². The van der Waals surface area contributed by atoms with Crippen LogP contribution < -0.4 is 0 Å². The van der Waals surface area contributed by atoms with Gasteiger partial charge in [0, 0.05) is 64.1 Å². The van der Waals surface area contributed by atoms with Gasteiger partial charge in [-0.2, -0.15) is 0 Å². The molecule has 2 heterocycles. The summed E-state index contributed by atoms with van der Waals surface area (Å²) >= 11 is 0. The molecule has 0 saturated carbocycles. The number of hydrogen-bond donors (Lipinski definition) is 0. The second-order valence-corrected chi connectivity index (χ2v) is 6.73. The van der Waals surface area contributed by atoms with E-state index in [0.29, 0.717) is 5.56 Å². The van der Waals surface area contributed by atoms with Crippen molar-refractivity contribution in [3.05, 3.63) is 72.0 Å². The number of aromatic nitrogens is 2. The topological polar surface area (TPSA) is 84.9 Å². The van der Waals surface area contributed by atoms with Crippen LogP contribution in [0.25, 0.3) is 0 Å². The second-order valence-electron chi connectivity index (χ2n) is 6.73. The summed E-state index contributed by atoms with van der Waals surface area (Å²) in [4.78, 5) is 32.6. The Morgan fingerprint density at radius 2 is 1.38 bits per heavy atom. The number of methoxy groups -OCH3 is 2. The average molecular weight is 453 g/mol. The van der Waals surface area contributed by atoms with E-state index in [2.05, 4.69) is 9.97 Å². The molecule has 2 aromatic heterocycles. The Labute approximate surface area is 187 Å². The normalized spacial score (nSPS) is 10.3. The molecule has 0 bridgehead atoms. The fraction of sp³-hybridized carbons (Fsp3) is 0.364. The Morgan fingerprint density at radius 1 is 0.906 bits per heavy atom. The summed E-state index contributed by atoms with van der Waals surface area (Å²) in [6.45, 7) is 1.37. The van der Waals surface area contributed by atoms with Crippen LogP contribution in [0, 0.1) is 11.6 Å². The third-order valence-electron chi connectivity index (χ3n) is 3.45. The van der Waals surface area contributed by atoms with Crippen molar-refractivity contribution in [1.29, 1.82) is 0 Å². The van der Waals surface area contributed by atoms with Crippen molar-refractivity contribution in [1.82, 2.24) is 19.8 Å². The van der Waals surface area contributed by atoms with Crippen LogP contribution in [-0.2, 0) is 9.47 Å². The number of halogens is 2. The summed E-state index contributed by atoms with van der Waals surface area (Å²) < 4.78 is 34.7. The Balaban J connectivity index is 0.000000472. The number of nitrogens with zero attached hydrogens (tertiary/aromatic N) is 4. The molecule has 0 aromatic carbocycles. The Bertz CT molecular complexity index is 873. The first-order chi connectivity index (χ1) is 15.0. The predicted molar refractivity (Wildman–Crippen MR) is 117 cm³/mol. The lowest BCUT2D eigenvalue weighted by Crippen LogP contribution is -2.30. The van der Waals surface area contributed by atoms with Crippen molar-refractivity contribution < 1.29 is 27.8 Å². The smallest absolute Gasteiger partial charge is 0.217 e. The number of ketones is 2. The van der Waals surface area contributed by atoms with Gasteiger partial charge >= 0.3 is 0 Å². The Hall–Kier alpha value is -3.08. The van der Waals surface area contributed by atoms with Crippen LogP contribution >= 0.6 is 0 Å². The molecule has 2 rings (SSSR count). The van der Waals surface area contributed by atoms with Gasteiger partial charge < -0.3 is 14.4 Å². The number of ether oxygens (including phenoxy) is 2. The molecule has 0 N–H and O–H groups in total. The zero-order chi connectivity index (χ0) is 24.7. The lowest BCUT2D eigenvalue weighted by Gasteiger charge is -2.19. The van der Waals surface area contributed by atoms with Gasteiger partial charge in [0.1, 0.15) is 11.6 Å². The maximum atomic E-state index is 12.7. The highest BCUT2D eigenvalue weighted by Crippen LogP contribution is 2.03. The SMILES string of the molecule is CC(=O)c1cncc(F)c1.CN(C)C=CC(=O)c1cncc(F)c1.COC(OC)N(C)C. The van der Waals surface area contributed by atoms with Crippen molar-refractivity contribution in [3.63, 3.8) is 0 Å². The molecular formula is C22H30F2N4O4. The van der Waals surface area contributed by atoms with E-state index in [1.807, 2.05) is 19.0 Å². The summed E-state index contributed by atoms with van der Waals surface area (Å²) in [6, 6.07) is 2.32. The van der Waals surface area contributed by atoms with E-state index in [1.54, 1.807) is 39.4 Å². The van der Waals surface area contributed by atoms with Crippen molar-refractivity contribution in [3.8, 4) is 0 Å². The molecule has 0 aliphatic rings. The van der Waals surface area contributed by atoms with Crippen LogP contribution in [0.2, 0.25) is 0 Å². The first kappa shape index (κ1) is 28.9. The molecule has 0 fully saturated rings. The molecule has 176 valence electrons. The van der Waals surface area contributed by atoms with E-state index in [-0.39, 0.29) is 23.5 Å². The molecule has 10 heteroatoms. The maximum absolute atomic E-state index is 12.7. The lowest BCUT2D eigenvalue weighted by atomic mass is 10.2. The molecule has 0 atom stereocenters. The summed E-state index contributed by atoms with van der Waals surface area (Å²) in [6.07, 6.45) is 7.56.